The predicted octanol–water partition coefficient (Wildman–Crippen LogP) is 4.50. The van der Waals surface area contributed by atoms with Crippen LogP contribution in [0.1, 0.15) is 48.0 Å². The molecule has 0 N–H and O–H groups in total. The first-order valence-corrected chi connectivity index (χ1v) is 12.0. The number of hydrogen-bond donors (Lipinski definition) is 0. The summed E-state index contributed by atoms with van der Waals surface area (Å²) in [6.45, 7) is 2.03. The molecule has 154 valence electrons. The van der Waals surface area contributed by atoms with E-state index >= 15 is 0 Å². The third kappa shape index (κ3) is 4.14. The number of carbonyl (C=O) groups excluding carboxylic acids is 1. The lowest BCUT2D eigenvalue weighted by Crippen LogP contribution is -2.36. The number of anilines is 1. The Morgan fingerprint density at radius 3 is 2.24 bits per heavy atom. The first-order chi connectivity index (χ1) is 14.0. The lowest BCUT2D eigenvalue weighted by Gasteiger charge is -2.31. The van der Waals surface area contributed by atoms with E-state index in [9.17, 15) is 13.2 Å². The van der Waals surface area contributed by atoms with Crippen LogP contribution in [0.15, 0.2) is 47.4 Å². The standard InChI is InChI=1S/C22H25ClN2O3S/c23-19-8-10-20(11-9-19)29(27,28)25-15-5-6-17-16-18(7-12-21(17)25)22(26)24-13-3-1-2-4-14-24/h7-12,16H,1-6,13-15H2. The van der Waals surface area contributed by atoms with Crippen molar-refractivity contribution in [2.24, 2.45) is 0 Å². The molecule has 0 aromatic heterocycles. The van der Waals surface area contributed by atoms with Crippen LogP contribution in [0.2, 0.25) is 5.02 Å². The minimum atomic E-state index is -3.67. The van der Waals surface area contributed by atoms with Gasteiger partial charge in [0.2, 0.25) is 0 Å². The number of rotatable bonds is 3. The SMILES string of the molecule is O=C(c1ccc2c(c1)CCCN2S(=O)(=O)c1ccc(Cl)cc1)N1CCCCCC1. The Hall–Kier alpha value is -2.05. The fourth-order valence-corrected chi connectivity index (χ4v) is 5.80. The summed E-state index contributed by atoms with van der Waals surface area (Å²) < 4.78 is 27.8. The summed E-state index contributed by atoms with van der Waals surface area (Å²) in [5, 5.41) is 0.500. The summed E-state index contributed by atoms with van der Waals surface area (Å²) in [4.78, 5) is 15.1. The molecule has 0 spiro atoms. The molecule has 29 heavy (non-hydrogen) atoms. The molecule has 0 bridgehead atoms. The van der Waals surface area contributed by atoms with Crippen LogP contribution in [-0.2, 0) is 16.4 Å². The molecule has 0 radical (unpaired) electrons. The van der Waals surface area contributed by atoms with E-state index < -0.39 is 10.0 Å². The predicted molar refractivity (Wildman–Crippen MR) is 115 cm³/mol. The second-order valence-corrected chi connectivity index (χ2v) is 9.98. The molecular weight excluding hydrogens is 408 g/mol. The highest BCUT2D eigenvalue weighted by Gasteiger charge is 2.30. The van der Waals surface area contributed by atoms with Crippen molar-refractivity contribution in [2.45, 2.75) is 43.4 Å². The number of fused-ring (bicyclic) bond motifs is 1. The average Bonchev–Trinajstić information content (AvgIpc) is 3.02. The van der Waals surface area contributed by atoms with Crippen molar-refractivity contribution >= 4 is 33.2 Å². The van der Waals surface area contributed by atoms with Crippen LogP contribution in [0.25, 0.3) is 0 Å². The fraction of sp³-hybridized carbons (Fsp3) is 0.409. The smallest absolute Gasteiger partial charge is 0.264 e. The number of likely N-dealkylation sites (tertiary alicyclic amines) is 1. The van der Waals surface area contributed by atoms with Gasteiger partial charge < -0.3 is 4.90 Å². The Bertz CT molecular complexity index is 997. The quantitative estimate of drug-likeness (QED) is 0.717. The Morgan fingerprint density at radius 1 is 0.862 bits per heavy atom. The van der Waals surface area contributed by atoms with Gasteiger partial charge in [0, 0.05) is 30.2 Å². The monoisotopic (exact) mass is 432 g/mol. The van der Waals surface area contributed by atoms with Crippen molar-refractivity contribution < 1.29 is 13.2 Å². The van der Waals surface area contributed by atoms with Gasteiger partial charge in [-0.15, -0.1) is 0 Å². The number of nitrogens with zero attached hydrogens (tertiary/aromatic N) is 2. The number of amides is 1. The molecule has 1 saturated heterocycles. The minimum absolute atomic E-state index is 0.0485. The third-order valence-corrected chi connectivity index (χ3v) is 7.78. The van der Waals surface area contributed by atoms with Crippen LogP contribution in [-0.4, -0.2) is 38.9 Å². The van der Waals surface area contributed by atoms with Crippen molar-refractivity contribution in [3.05, 3.63) is 58.6 Å². The molecule has 0 atom stereocenters. The van der Waals surface area contributed by atoms with Crippen molar-refractivity contribution in [2.75, 3.05) is 23.9 Å². The second-order valence-electron chi connectivity index (χ2n) is 7.68. The summed E-state index contributed by atoms with van der Waals surface area (Å²) >= 11 is 5.91. The van der Waals surface area contributed by atoms with E-state index in [1.165, 1.54) is 29.3 Å². The number of halogens is 1. The van der Waals surface area contributed by atoms with Gasteiger partial charge in [-0.1, -0.05) is 24.4 Å². The van der Waals surface area contributed by atoms with Gasteiger partial charge in [0.05, 0.1) is 10.6 Å². The molecule has 1 fully saturated rings. The number of aryl methyl sites for hydroxylation is 1. The second kappa shape index (κ2) is 8.36. The molecular formula is C22H25ClN2O3S. The summed E-state index contributed by atoms with van der Waals surface area (Å²) in [6, 6.07) is 11.7. The first-order valence-electron chi connectivity index (χ1n) is 10.2. The van der Waals surface area contributed by atoms with Crippen LogP contribution in [0.3, 0.4) is 0 Å². The average molecular weight is 433 g/mol. The summed E-state index contributed by atoms with van der Waals surface area (Å²) in [7, 11) is -3.67. The molecule has 0 unspecified atom stereocenters. The van der Waals surface area contributed by atoms with Crippen molar-refractivity contribution in [1.29, 1.82) is 0 Å². The normalized spacial score (nSPS) is 17.6. The Balaban J connectivity index is 1.63. The van der Waals surface area contributed by atoms with E-state index in [-0.39, 0.29) is 10.8 Å². The van der Waals surface area contributed by atoms with Gasteiger partial charge in [0.1, 0.15) is 0 Å². The molecule has 5 nitrogen and oxygen atoms in total. The van der Waals surface area contributed by atoms with E-state index in [0.717, 1.165) is 44.3 Å². The van der Waals surface area contributed by atoms with Gasteiger partial charge in [0.15, 0.2) is 0 Å². The highest BCUT2D eigenvalue weighted by molar-refractivity contribution is 7.92. The summed E-state index contributed by atoms with van der Waals surface area (Å²) in [6.07, 6.45) is 5.93. The first kappa shape index (κ1) is 20.2. The molecule has 2 aliphatic heterocycles. The number of hydrogen-bond acceptors (Lipinski definition) is 3. The molecule has 0 saturated carbocycles. The van der Waals surface area contributed by atoms with Gasteiger partial charge >= 0.3 is 0 Å². The molecule has 0 aliphatic carbocycles. The van der Waals surface area contributed by atoms with Crippen LogP contribution in [0.4, 0.5) is 5.69 Å². The molecule has 2 heterocycles. The Morgan fingerprint density at radius 2 is 1.55 bits per heavy atom. The highest BCUT2D eigenvalue weighted by atomic mass is 35.5. The highest BCUT2D eigenvalue weighted by Crippen LogP contribution is 2.33. The van der Waals surface area contributed by atoms with Crippen molar-refractivity contribution in [3.8, 4) is 0 Å². The van der Waals surface area contributed by atoms with Gasteiger partial charge in [-0.3, -0.25) is 9.10 Å². The maximum Gasteiger partial charge on any atom is 0.264 e. The molecule has 2 aliphatic rings. The molecule has 7 heteroatoms. The fourth-order valence-electron chi connectivity index (χ4n) is 4.14. The maximum absolute atomic E-state index is 13.2. The lowest BCUT2D eigenvalue weighted by molar-refractivity contribution is 0.0761. The molecule has 1 amide bonds. The topological polar surface area (TPSA) is 57.7 Å². The zero-order chi connectivity index (χ0) is 20.4. The van der Waals surface area contributed by atoms with Gasteiger partial charge in [-0.05, 0) is 73.7 Å². The van der Waals surface area contributed by atoms with Crippen LogP contribution < -0.4 is 4.31 Å². The van der Waals surface area contributed by atoms with Crippen LogP contribution >= 0.6 is 11.6 Å². The Kier molecular flexibility index (Phi) is 5.83. The minimum Gasteiger partial charge on any atom is -0.339 e. The number of sulfonamides is 1. The molecule has 2 aromatic carbocycles. The Labute approximate surface area is 177 Å². The van der Waals surface area contributed by atoms with Crippen molar-refractivity contribution in [3.63, 3.8) is 0 Å². The largest absolute Gasteiger partial charge is 0.339 e. The van der Waals surface area contributed by atoms with Gasteiger partial charge in [0.25, 0.3) is 15.9 Å². The zero-order valence-electron chi connectivity index (χ0n) is 16.3. The van der Waals surface area contributed by atoms with Crippen LogP contribution in [0, 0.1) is 0 Å². The number of benzene rings is 2. The van der Waals surface area contributed by atoms with Crippen molar-refractivity contribution in [1.82, 2.24) is 4.90 Å². The summed E-state index contributed by atoms with van der Waals surface area (Å²) in [5.41, 5.74) is 2.23. The molecule has 2 aromatic rings. The summed E-state index contributed by atoms with van der Waals surface area (Å²) in [5.74, 6) is 0.0485. The van der Waals surface area contributed by atoms with E-state index in [1.54, 1.807) is 24.3 Å². The zero-order valence-corrected chi connectivity index (χ0v) is 17.9. The van der Waals surface area contributed by atoms with E-state index in [0.29, 0.717) is 22.8 Å². The third-order valence-electron chi connectivity index (χ3n) is 5.70. The van der Waals surface area contributed by atoms with E-state index in [1.807, 2.05) is 11.0 Å². The lowest BCUT2D eigenvalue weighted by atomic mass is 10.00. The van der Waals surface area contributed by atoms with E-state index in [2.05, 4.69) is 0 Å². The van der Waals surface area contributed by atoms with Gasteiger partial charge in [-0.25, -0.2) is 8.42 Å². The van der Waals surface area contributed by atoms with Gasteiger partial charge in [-0.2, -0.15) is 0 Å². The number of carbonyl (C=O) groups is 1. The van der Waals surface area contributed by atoms with Crippen LogP contribution in [0.5, 0.6) is 0 Å². The maximum atomic E-state index is 13.2. The molecule has 4 rings (SSSR count). The van der Waals surface area contributed by atoms with E-state index in [4.69, 9.17) is 11.6 Å².